The number of nitrogens with zero attached hydrogens (tertiary/aromatic N) is 3. The first-order valence-electron chi connectivity index (χ1n) is 11.1. The van der Waals surface area contributed by atoms with Crippen molar-refractivity contribution in [1.29, 1.82) is 0 Å². The number of hydrogen-bond acceptors (Lipinski definition) is 9. The number of carbonyl (C=O) groups excluding carboxylic acids is 2. The first-order chi connectivity index (χ1) is 17.7. The van der Waals surface area contributed by atoms with Crippen LogP contribution in [-0.2, 0) is 4.74 Å². The molecule has 0 bridgehead atoms. The number of anilines is 1. The number of aromatic nitrogens is 1. The molecule has 186 valence electrons. The number of nitro groups is 1. The summed E-state index contributed by atoms with van der Waals surface area (Å²) in [6.45, 7) is 6.98. The van der Waals surface area contributed by atoms with Crippen molar-refractivity contribution in [3.05, 3.63) is 108 Å². The van der Waals surface area contributed by atoms with E-state index >= 15 is 0 Å². The lowest BCUT2D eigenvalue weighted by atomic mass is 9.98. The van der Waals surface area contributed by atoms with Crippen molar-refractivity contribution >= 4 is 45.0 Å². The van der Waals surface area contributed by atoms with Gasteiger partial charge < -0.3 is 9.15 Å². The lowest BCUT2D eigenvalue weighted by Gasteiger charge is -2.22. The molecule has 2 aromatic heterocycles. The van der Waals surface area contributed by atoms with Crippen LogP contribution < -0.4 is 10.3 Å². The third-order valence-electron chi connectivity index (χ3n) is 5.95. The maximum Gasteiger partial charge on any atom is 0.350 e. The van der Waals surface area contributed by atoms with Crippen molar-refractivity contribution in [2.24, 2.45) is 0 Å². The molecule has 1 atom stereocenters. The molecular formula is C26H19N3O7S. The number of ether oxygens (including phenoxy) is 1. The average Bonchev–Trinajstić information content (AvgIpc) is 3.40. The van der Waals surface area contributed by atoms with Gasteiger partial charge in [-0.25, -0.2) is 9.78 Å². The van der Waals surface area contributed by atoms with Crippen LogP contribution in [0.2, 0.25) is 0 Å². The number of non-ortho nitro benzene ring substituents is 1. The minimum Gasteiger partial charge on any atom is -0.457 e. The molecule has 0 fully saturated rings. The summed E-state index contributed by atoms with van der Waals surface area (Å²) >= 11 is 0.942. The van der Waals surface area contributed by atoms with Crippen LogP contribution in [0, 0.1) is 24.0 Å². The third-order valence-corrected chi connectivity index (χ3v) is 7.09. The van der Waals surface area contributed by atoms with E-state index in [0.29, 0.717) is 16.6 Å². The minimum atomic E-state index is -0.980. The number of fused-ring (bicyclic) bond motifs is 2. The van der Waals surface area contributed by atoms with Gasteiger partial charge in [0, 0.05) is 12.1 Å². The summed E-state index contributed by atoms with van der Waals surface area (Å²) in [6, 6.07) is 9.67. The second kappa shape index (κ2) is 9.10. The maximum atomic E-state index is 13.7. The Morgan fingerprint density at radius 3 is 2.65 bits per heavy atom. The van der Waals surface area contributed by atoms with E-state index in [1.807, 2.05) is 6.92 Å². The molecule has 11 heteroatoms. The highest BCUT2D eigenvalue weighted by molar-refractivity contribution is 7.17. The summed E-state index contributed by atoms with van der Waals surface area (Å²) in [5.74, 6) is -1.38. The van der Waals surface area contributed by atoms with Gasteiger partial charge in [0.2, 0.25) is 5.76 Å². The zero-order valence-electron chi connectivity index (χ0n) is 19.7. The van der Waals surface area contributed by atoms with E-state index in [1.54, 1.807) is 25.1 Å². The van der Waals surface area contributed by atoms with Gasteiger partial charge in [-0.15, -0.1) is 0 Å². The highest BCUT2D eigenvalue weighted by Gasteiger charge is 2.45. The molecule has 1 aliphatic heterocycles. The van der Waals surface area contributed by atoms with E-state index in [-0.39, 0.29) is 39.2 Å². The number of aryl methyl sites for hydroxylation is 2. The molecule has 0 spiro atoms. The van der Waals surface area contributed by atoms with Crippen LogP contribution in [0.15, 0.2) is 64.3 Å². The molecule has 5 rings (SSSR count). The number of benzene rings is 2. The predicted octanol–water partition coefficient (Wildman–Crippen LogP) is 4.87. The number of rotatable bonds is 6. The van der Waals surface area contributed by atoms with Crippen molar-refractivity contribution in [3.8, 4) is 0 Å². The van der Waals surface area contributed by atoms with Gasteiger partial charge in [0.25, 0.3) is 11.6 Å². The number of amides is 1. The summed E-state index contributed by atoms with van der Waals surface area (Å²) in [5.41, 5.74) is 1.46. The maximum absolute atomic E-state index is 13.7. The molecule has 1 aliphatic rings. The Bertz CT molecular complexity index is 1670. The zero-order valence-corrected chi connectivity index (χ0v) is 20.5. The topological polar surface area (TPSA) is 133 Å². The number of thiazole rings is 1. The zero-order chi connectivity index (χ0) is 26.4. The number of nitro benzene ring substituents is 1. The highest BCUT2D eigenvalue weighted by Crippen LogP contribution is 2.43. The van der Waals surface area contributed by atoms with Gasteiger partial charge in [-0.3, -0.25) is 24.6 Å². The van der Waals surface area contributed by atoms with Crippen molar-refractivity contribution < 1.29 is 23.7 Å². The lowest BCUT2D eigenvalue weighted by Crippen LogP contribution is -2.29. The Hall–Kier alpha value is -4.64. The Morgan fingerprint density at radius 1 is 1.24 bits per heavy atom. The van der Waals surface area contributed by atoms with Gasteiger partial charge in [0.1, 0.15) is 17.1 Å². The van der Waals surface area contributed by atoms with Crippen LogP contribution in [0.3, 0.4) is 0 Å². The largest absolute Gasteiger partial charge is 0.457 e. The molecule has 37 heavy (non-hydrogen) atoms. The Balaban J connectivity index is 1.72. The van der Waals surface area contributed by atoms with E-state index in [0.717, 1.165) is 16.9 Å². The molecule has 0 radical (unpaired) electrons. The second-order valence-electron chi connectivity index (χ2n) is 8.40. The molecular weight excluding hydrogens is 498 g/mol. The number of hydrogen-bond donors (Lipinski definition) is 0. The Kier molecular flexibility index (Phi) is 5.92. The van der Waals surface area contributed by atoms with Gasteiger partial charge in [0.05, 0.1) is 27.6 Å². The van der Waals surface area contributed by atoms with Gasteiger partial charge in [-0.1, -0.05) is 35.6 Å². The van der Waals surface area contributed by atoms with Crippen LogP contribution in [0.25, 0.3) is 11.0 Å². The van der Waals surface area contributed by atoms with Crippen LogP contribution >= 0.6 is 11.3 Å². The monoisotopic (exact) mass is 517 g/mol. The first kappa shape index (κ1) is 24.1. The quantitative estimate of drug-likeness (QED) is 0.153. The standard InChI is InChI=1S/C26H19N3O7S/c1-4-11-35-25(32)23-14(3)27-26(37-23)28-20(15-6-8-16(9-7-15)29(33)34)19-21(30)17-12-13(2)5-10-18(17)36-22(19)24(28)31/h4-10,12,20H,1,11H2,2-3H3. The fraction of sp³-hybridized carbons (Fsp3) is 0.154. The lowest BCUT2D eigenvalue weighted by molar-refractivity contribution is -0.384. The summed E-state index contributed by atoms with van der Waals surface area (Å²) in [6.07, 6.45) is 1.43. The molecule has 1 unspecified atom stereocenters. The molecule has 0 saturated heterocycles. The normalized spacial score (nSPS) is 14.6. The average molecular weight is 518 g/mol. The summed E-state index contributed by atoms with van der Waals surface area (Å²) < 4.78 is 11.1. The van der Waals surface area contributed by atoms with Crippen LogP contribution in [-0.4, -0.2) is 28.4 Å². The van der Waals surface area contributed by atoms with E-state index in [2.05, 4.69) is 11.6 Å². The van der Waals surface area contributed by atoms with E-state index in [4.69, 9.17) is 9.15 Å². The van der Waals surface area contributed by atoms with Gasteiger partial charge >= 0.3 is 5.97 Å². The van der Waals surface area contributed by atoms with Crippen molar-refractivity contribution in [2.45, 2.75) is 19.9 Å². The van der Waals surface area contributed by atoms with E-state index < -0.39 is 28.3 Å². The van der Waals surface area contributed by atoms with Gasteiger partial charge in [-0.05, 0) is 43.7 Å². The fourth-order valence-corrected chi connectivity index (χ4v) is 5.24. The molecule has 3 heterocycles. The third kappa shape index (κ3) is 3.99. The highest BCUT2D eigenvalue weighted by atomic mass is 32.1. The summed E-state index contributed by atoms with van der Waals surface area (Å²) in [7, 11) is 0. The van der Waals surface area contributed by atoms with Crippen molar-refractivity contribution in [2.75, 3.05) is 11.5 Å². The molecule has 2 aromatic carbocycles. The van der Waals surface area contributed by atoms with Gasteiger partial charge in [0.15, 0.2) is 10.6 Å². The van der Waals surface area contributed by atoms with Crippen molar-refractivity contribution in [3.63, 3.8) is 0 Å². The SMILES string of the molecule is C=CCOC(=O)c1sc(N2C(=O)c3oc4ccc(C)cc4c(=O)c3C2c2ccc([N+](=O)[O-])cc2)nc1C. The molecule has 0 N–H and O–H groups in total. The number of esters is 1. The van der Waals surface area contributed by atoms with Crippen LogP contribution in [0.5, 0.6) is 0 Å². The van der Waals surface area contributed by atoms with E-state index in [1.165, 1.54) is 35.2 Å². The molecule has 10 nitrogen and oxygen atoms in total. The summed E-state index contributed by atoms with van der Waals surface area (Å²) in [4.78, 5) is 56.5. The van der Waals surface area contributed by atoms with Crippen LogP contribution in [0.1, 0.15) is 48.7 Å². The smallest absolute Gasteiger partial charge is 0.350 e. The van der Waals surface area contributed by atoms with Gasteiger partial charge in [-0.2, -0.15) is 0 Å². The summed E-state index contributed by atoms with van der Waals surface area (Å²) in [5, 5.41) is 11.7. The predicted molar refractivity (Wildman–Crippen MR) is 136 cm³/mol. The Labute approximate surface area is 213 Å². The molecule has 0 saturated carbocycles. The van der Waals surface area contributed by atoms with Crippen LogP contribution in [0.4, 0.5) is 10.8 Å². The molecule has 4 aromatic rings. The van der Waals surface area contributed by atoms with Crippen molar-refractivity contribution in [1.82, 2.24) is 4.98 Å². The number of carbonyl (C=O) groups is 2. The fourth-order valence-electron chi connectivity index (χ4n) is 4.25. The minimum absolute atomic E-state index is 0.00937. The first-order valence-corrected chi connectivity index (χ1v) is 11.9. The molecule has 0 aliphatic carbocycles. The second-order valence-corrected chi connectivity index (χ2v) is 9.38. The molecule has 1 amide bonds. The van der Waals surface area contributed by atoms with E-state index in [9.17, 15) is 24.5 Å². The Morgan fingerprint density at radius 2 is 1.97 bits per heavy atom.